The highest BCUT2D eigenvalue weighted by atomic mass is 16.5. The van der Waals surface area contributed by atoms with Crippen LogP contribution in [0.5, 0.6) is 5.75 Å². The molecule has 3 N–H and O–H groups in total. The fraction of sp³-hybridized carbons (Fsp3) is 0.316. The highest BCUT2D eigenvalue weighted by Crippen LogP contribution is 2.31. The number of carbonyl (C=O) groups is 1. The van der Waals surface area contributed by atoms with Gasteiger partial charge in [0.25, 0.3) is 5.91 Å². The van der Waals surface area contributed by atoms with E-state index < -0.39 is 0 Å². The summed E-state index contributed by atoms with van der Waals surface area (Å²) in [4.78, 5) is 12.4. The Labute approximate surface area is 136 Å². The fourth-order valence-electron chi connectivity index (χ4n) is 2.54. The number of ether oxygens (including phenoxy) is 1. The normalized spacial score (nSPS) is 15.0. The first-order chi connectivity index (χ1) is 11.2. The predicted molar refractivity (Wildman–Crippen MR) is 90.2 cm³/mol. The molecule has 1 atom stereocenters. The van der Waals surface area contributed by atoms with Crippen LogP contribution in [0.3, 0.4) is 0 Å². The van der Waals surface area contributed by atoms with Crippen LogP contribution in [0.4, 0.5) is 0 Å². The molecule has 0 bridgehead atoms. The third-order valence-corrected chi connectivity index (χ3v) is 4.13. The summed E-state index contributed by atoms with van der Waals surface area (Å²) in [6.45, 7) is 0.889. The van der Waals surface area contributed by atoms with Crippen molar-refractivity contribution in [2.75, 3.05) is 6.54 Å². The van der Waals surface area contributed by atoms with E-state index in [1.165, 1.54) is 12.8 Å². The molecule has 120 valence electrons. The number of benzene rings is 2. The molecule has 2 aromatic rings. The monoisotopic (exact) mass is 310 g/mol. The molecule has 0 heterocycles. The minimum atomic E-state index is -0.0895. The van der Waals surface area contributed by atoms with Gasteiger partial charge in [-0.15, -0.1) is 0 Å². The van der Waals surface area contributed by atoms with Crippen molar-refractivity contribution in [1.29, 1.82) is 0 Å². The largest absolute Gasteiger partial charge is 0.489 e. The Morgan fingerprint density at radius 1 is 1.13 bits per heavy atom. The number of hydrogen-bond acceptors (Lipinski definition) is 3. The minimum absolute atomic E-state index is 0.0617. The summed E-state index contributed by atoms with van der Waals surface area (Å²) in [6, 6.07) is 17.2. The van der Waals surface area contributed by atoms with Crippen LogP contribution in [-0.4, -0.2) is 18.5 Å². The summed E-state index contributed by atoms with van der Waals surface area (Å²) in [5, 5.41) is 2.94. The fourth-order valence-corrected chi connectivity index (χ4v) is 2.54. The summed E-state index contributed by atoms with van der Waals surface area (Å²) in [7, 11) is 0. The quantitative estimate of drug-likeness (QED) is 0.826. The molecule has 23 heavy (non-hydrogen) atoms. The SMILES string of the molecule is NC(CNC(=O)c1ccccc1COc1ccccc1)C1CC1. The number of hydrogen-bond donors (Lipinski definition) is 2. The maximum atomic E-state index is 12.4. The molecule has 1 unspecified atom stereocenters. The number of nitrogens with two attached hydrogens (primary N) is 1. The van der Waals surface area contributed by atoms with Gasteiger partial charge >= 0.3 is 0 Å². The summed E-state index contributed by atoms with van der Waals surface area (Å²) in [6.07, 6.45) is 2.36. The van der Waals surface area contributed by atoms with E-state index in [0.717, 1.165) is 11.3 Å². The number of nitrogens with one attached hydrogen (secondary N) is 1. The molecular weight excluding hydrogens is 288 g/mol. The molecule has 1 saturated carbocycles. The Hall–Kier alpha value is -2.33. The summed E-state index contributed by atoms with van der Waals surface area (Å²) >= 11 is 0. The lowest BCUT2D eigenvalue weighted by molar-refractivity contribution is 0.0947. The summed E-state index contributed by atoms with van der Waals surface area (Å²) in [5.41, 5.74) is 7.55. The Morgan fingerprint density at radius 3 is 2.57 bits per heavy atom. The molecule has 0 aromatic heterocycles. The molecule has 0 aliphatic heterocycles. The van der Waals surface area contributed by atoms with Crippen molar-refractivity contribution in [2.45, 2.75) is 25.5 Å². The first kappa shape index (κ1) is 15.6. The Balaban J connectivity index is 1.61. The second-order valence-electron chi connectivity index (χ2n) is 5.97. The molecule has 1 aliphatic rings. The molecule has 0 spiro atoms. The van der Waals surface area contributed by atoms with Crippen LogP contribution in [-0.2, 0) is 6.61 Å². The average Bonchev–Trinajstić information content (AvgIpc) is 3.44. The van der Waals surface area contributed by atoms with Crippen molar-refractivity contribution in [3.63, 3.8) is 0 Å². The van der Waals surface area contributed by atoms with Gasteiger partial charge in [0.15, 0.2) is 0 Å². The van der Waals surface area contributed by atoms with Crippen molar-refractivity contribution in [3.8, 4) is 5.75 Å². The maximum Gasteiger partial charge on any atom is 0.251 e. The highest BCUT2D eigenvalue weighted by molar-refractivity contribution is 5.95. The van der Waals surface area contributed by atoms with Crippen molar-refractivity contribution in [2.24, 2.45) is 11.7 Å². The van der Waals surface area contributed by atoms with Crippen LogP contribution in [0.25, 0.3) is 0 Å². The molecule has 2 aromatic carbocycles. The second-order valence-corrected chi connectivity index (χ2v) is 5.97. The van der Waals surface area contributed by atoms with Crippen molar-refractivity contribution in [1.82, 2.24) is 5.32 Å². The molecule has 1 amide bonds. The van der Waals surface area contributed by atoms with Crippen molar-refractivity contribution >= 4 is 5.91 Å². The first-order valence-electron chi connectivity index (χ1n) is 8.03. The summed E-state index contributed by atoms with van der Waals surface area (Å²) in [5.74, 6) is 1.28. The molecule has 0 saturated heterocycles. The predicted octanol–water partition coefficient (Wildman–Crippen LogP) is 2.73. The Bertz CT molecular complexity index is 653. The number of rotatable bonds is 7. The first-order valence-corrected chi connectivity index (χ1v) is 8.03. The third kappa shape index (κ3) is 4.33. The molecule has 4 nitrogen and oxygen atoms in total. The van der Waals surface area contributed by atoms with Crippen LogP contribution in [0.2, 0.25) is 0 Å². The van der Waals surface area contributed by atoms with Gasteiger partial charge < -0.3 is 15.8 Å². The van der Waals surface area contributed by atoms with E-state index in [-0.39, 0.29) is 11.9 Å². The van der Waals surface area contributed by atoms with Crippen LogP contribution >= 0.6 is 0 Å². The van der Waals surface area contributed by atoms with E-state index in [2.05, 4.69) is 5.32 Å². The molecule has 1 fully saturated rings. The topological polar surface area (TPSA) is 64.3 Å². The van der Waals surface area contributed by atoms with Gasteiger partial charge in [-0.25, -0.2) is 0 Å². The Morgan fingerprint density at radius 2 is 1.83 bits per heavy atom. The molecular formula is C19H22N2O2. The van der Waals surface area contributed by atoms with Crippen LogP contribution in [0, 0.1) is 5.92 Å². The van der Waals surface area contributed by atoms with E-state index in [0.29, 0.717) is 24.6 Å². The molecule has 1 aliphatic carbocycles. The third-order valence-electron chi connectivity index (χ3n) is 4.13. The molecule has 3 rings (SSSR count). The average molecular weight is 310 g/mol. The second kappa shape index (κ2) is 7.29. The van der Waals surface area contributed by atoms with Gasteiger partial charge in [-0.1, -0.05) is 36.4 Å². The van der Waals surface area contributed by atoms with E-state index >= 15 is 0 Å². The van der Waals surface area contributed by atoms with Gasteiger partial charge in [0.05, 0.1) is 0 Å². The number of para-hydroxylation sites is 1. The number of carbonyl (C=O) groups excluding carboxylic acids is 1. The zero-order valence-electron chi connectivity index (χ0n) is 13.1. The van der Waals surface area contributed by atoms with Gasteiger partial charge in [-0.3, -0.25) is 4.79 Å². The van der Waals surface area contributed by atoms with E-state index in [4.69, 9.17) is 10.5 Å². The van der Waals surface area contributed by atoms with E-state index in [1.807, 2.05) is 54.6 Å². The highest BCUT2D eigenvalue weighted by Gasteiger charge is 2.28. The Kier molecular flexibility index (Phi) is 4.93. The van der Waals surface area contributed by atoms with Gasteiger partial charge in [0, 0.05) is 23.7 Å². The molecule has 0 radical (unpaired) electrons. The zero-order chi connectivity index (χ0) is 16.1. The standard InChI is InChI=1S/C19H22N2O2/c20-18(14-10-11-14)12-21-19(22)17-9-5-4-6-15(17)13-23-16-7-2-1-3-8-16/h1-9,14,18H,10-13,20H2,(H,21,22). The van der Waals surface area contributed by atoms with Gasteiger partial charge in [0.1, 0.15) is 12.4 Å². The van der Waals surface area contributed by atoms with E-state index in [1.54, 1.807) is 0 Å². The van der Waals surface area contributed by atoms with Crippen LogP contribution in [0.1, 0.15) is 28.8 Å². The van der Waals surface area contributed by atoms with Crippen molar-refractivity contribution < 1.29 is 9.53 Å². The maximum absolute atomic E-state index is 12.4. The lowest BCUT2D eigenvalue weighted by Crippen LogP contribution is -2.38. The molecule has 4 heteroatoms. The van der Waals surface area contributed by atoms with Crippen LogP contribution in [0.15, 0.2) is 54.6 Å². The lowest BCUT2D eigenvalue weighted by atomic mass is 10.1. The van der Waals surface area contributed by atoms with E-state index in [9.17, 15) is 4.79 Å². The van der Waals surface area contributed by atoms with Gasteiger partial charge in [-0.05, 0) is 37.0 Å². The summed E-state index contributed by atoms with van der Waals surface area (Å²) < 4.78 is 5.75. The minimum Gasteiger partial charge on any atom is -0.489 e. The lowest BCUT2D eigenvalue weighted by Gasteiger charge is -2.14. The van der Waals surface area contributed by atoms with Crippen molar-refractivity contribution in [3.05, 3.63) is 65.7 Å². The zero-order valence-corrected chi connectivity index (χ0v) is 13.1. The van der Waals surface area contributed by atoms with Gasteiger partial charge in [-0.2, -0.15) is 0 Å². The van der Waals surface area contributed by atoms with Gasteiger partial charge in [0.2, 0.25) is 0 Å². The number of amides is 1. The smallest absolute Gasteiger partial charge is 0.251 e. The van der Waals surface area contributed by atoms with Crippen LogP contribution < -0.4 is 15.8 Å².